The van der Waals surface area contributed by atoms with Crippen molar-refractivity contribution in [3.63, 3.8) is 0 Å². The molecule has 0 saturated carbocycles. The highest BCUT2D eigenvalue weighted by Crippen LogP contribution is 2.17. The molecule has 120 valence electrons. The lowest BCUT2D eigenvalue weighted by atomic mass is 10.1. The predicted molar refractivity (Wildman–Crippen MR) is 87.9 cm³/mol. The third kappa shape index (κ3) is 3.41. The highest BCUT2D eigenvalue weighted by Gasteiger charge is 2.23. The molecule has 0 aliphatic carbocycles. The summed E-state index contributed by atoms with van der Waals surface area (Å²) in [5.74, 6) is 1.67. The molecule has 0 bridgehead atoms. The number of nitrogens with zero attached hydrogens (tertiary/aromatic N) is 4. The Labute approximate surface area is 135 Å². The summed E-state index contributed by atoms with van der Waals surface area (Å²) in [6.07, 6.45) is 1.58. The molecule has 0 unspecified atom stereocenters. The van der Waals surface area contributed by atoms with E-state index in [0.29, 0.717) is 24.4 Å². The average molecular weight is 312 g/mol. The molecule has 1 saturated heterocycles. The molecule has 2 heterocycles. The van der Waals surface area contributed by atoms with Crippen molar-refractivity contribution in [2.75, 3.05) is 38.2 Å². The normalized spacial score (nSPS) is 14.7. The first kappa shape index (κ1) is 15.3. The standard InChI is InChI=1S/C17H20N4O2/c1-13-10-16(19-12-18-13)20-6-8-21(9-7-20)17(22)14-4-3-5-15(11-14)23-2/h3-5,10-12H,6-9H2,1-2H3. The Morgan fingerprint density at radius 2 is 1.91 bits per heavy atom. The number of aryl methyl sites for hydroxylation is 1. The Balaban J connectivity index is 1.65. The van der Waals surface area contributed by atoms with Gasteiger partial charge < -0.3 is 14.5 Å². The fourth-order valence-electron chi connectivity index (χ4n) is 2.69. The minimum atomic E-state index is 0.0439. The molecule has 1 aromatic heterocycles. The van der Waals surface area contributed by atoms with Gasteiger partial charge in [-0.3, -0.25) is 4.79 Å². The molecule has 1 aliphatic rings. The number of aromatic nitrogens is 2. The Hall–Kier alpha value is -2.63. The Morgan fingerprint density at radius 3 is 2.61 bits per heavy atom. The molecule has 0 atom stereocenters. The molecule has 0 N–H and O–H groups in total. The molecule has 0 radical (unpaired) electrons. The number of methoxy groups -OCH3 is 1. The van der Waals surface area contributed by atoms with E-state index < -0.39 is 0 Å². The van der Waals surface area contributed by atoms with E-state index >= 15 is 0 Å². The number of hydrogen-bond donors (Lipinski definition) is 0. The molecule has 0 spiro atoms. The van der Waals surface area contributed by atoms with E-state index in [1.165, 1.54) is 0 Å². The third-order valence-electron chi connectivity index (χ3n) is 4.00. The summed E-state index contributed by atoms with van der Waals surface area (Å²) in [7, 11) is 1.60. The van der Waals surface area contributed by atoms with Crippen LogP contribution in [-0.4, -0.2) is 54.1 Å². The van der Waals surface area contributed by atoms with Gasteiger partial charge in [0.2, 0.25) is 0 Å². The van der Waals surface area contributed by atoms with Crippen molar-refractivity contribution in [2.45, 2.75) is 6.92 Å². The monoisotopic (exact) mass is 312 g/mol. The summed E-state index contributed by atoms with van der Waals surface area (Å²) in [5, 5.41) is 0. The number of carbonyl (C=O) groups excluding carboxylic acids is 1. The smallest absolute Gasteiger partial charge is 0.254 e. The summed E-state index contributed by atoms with van der Waals surface area (Å²) in [6, 6.07) is 9.26. The zero-order valence-electron chi connectivity index (χ0n) is 13.4. The van der Waals surface area contributed by atoms with Crippen molar-refractivity contribution in [3.05, 3.63) is 47.9 Å². The van der Waals surface area contributed by atoms with E-state index in [0.717, 1.165) is 24.6 Å². The lowest BCUT2D eigenvalue weighted by Crippen LogP contribution is -2.49. The molecule has 1 aliphatic heterocycles. The Morgan fingerprint density at radius 1 is 1.13 bits per heavy atom. The van der Waals surface area contributed by atoms with Crippen LogP contribution in [0.15, 0.2) is 36.7 Å². The number of rotatable bonds is 3. The van der Waals surface area contributed by atoms with Crippen molar-refractivity contribution >= 4 is 11.7 Å². The van der Waals surface area contributed by atoms with E-state index in [1.807, 2.05) is 36.1 Å². The molecule has 1 amide bonds. The second-order valence-electron chi connectivity index (χ2n) is 5.53. The van der Waals surface area contributed by atoms with E-state index in [9.17, 15) is 4.79 Å². The second-order valence-corrected chi connectivity index (χ2v) is 5.53. The summed E-state index contributed by atoms with van der Waals surface area (Å²) < 4.78 is 5.19. The van der Waals surface area contributed by atoms with E-state index in [-0.39, 0.29) is 5.91 Å². The van der Waals surface area contributed by atoms with E-state index in [4.69, 9.17) is 4.74 Å². The largest absolute Gasteiger partial charge is 0.497 e. The highest BCUT2D eigenvalue weighted by molar-refractivity contribution is 5.94. The van der Waals surface area contributed by atoms with Crippen LogP contribution in [0.1, 0.15) is 16.1 Å². The molecule has 2 aromatic rings. The lowest BCUT2D eigenvalue weighted by Gasteiger charge is -2.35. The number of piperazine rings is 1. The van der Waals surface area contributed by atoms with Gasteiger partial charge in [0, 0.05) is 43.5 Å². The van der Waals surface area contributed by atoms with Gasteiger partial charge >= 0.3 is 0 Å². The quantitative estimate of drug-likeness (QED) is 0.864. The maximum atomic E-state index is 12.6. The molecule has 1 aromatic carbocycles. The van der Waals surface area contributed by atoms with Gasteiger partial charge in [0.1, 0.15) is 17.9 Å². The number of anilines is 1. The Bertz CT molecular complexity index is 696. The zero-order chi connectivity index (χ0) is 16.2. The van der Waals surface area contributed by atoms with Crippen molar-refractivity contribution in [1.29, 1.82) is 0 Å². The summed E-state index contributed by atoms with van der Waals surface area (Å²) >= 11 is 0. The minimum Gasteiger partial charge on any atom is -0.497 e. The van der Waals surface area contributed by atoms with Crippen LogP contribution >= 0.6 is 0 Å². The predicted octanol–water partition coefficient (Wildman–Crippen LogP) is 1.76. The van der Waals surface area contributed by atoms with Gasteiger partial charge in [-0.05, 0) is 25.1 Å². The van der Waals surface area contributed by atoms with Crippen LogP contribution in [0.2, 0.25) is 0 Å². The third-order valence-corrected chi connectivity index (χ3v) is 4.00. The molecule has 6 nitrogen and oxygen atoms in total. The fourth-order valence-corrected chi connectivity index (χ4v) is 2.69. The minimum absolute atomic E-state index is 0.0439. The SMILES string of the molecule is COc1cccc(C(=O)N2CCN(c3cc(C)ncn3)CC2)c1. The number of carbonyl (C=O) groups is 1. The topological polar surface area (TPSA) is 58.6 Å². The number of ether oxygens (including phenoxy) is 1. The lowest BCUT2D eigenvalue weighted by molar-refractivity contribution is 0.0746. The van der Waals surface area contributed by atoms with Gasteiger partial charge in [-0.2, -0.15) is 0 Å². The molecular formula is C17H20N4O2. The van der Waals surface area contributed by atoms with E-state index in [2.05, 4.69) is 14.9 Å². The maximum absolute atomic E-state index is 12.6. The van der Waals surface area contributed by atoms with Crippen LogP contribution in [0.4, 0.5) is 5.82 Å². The van der Waals surface area contributed by atoms with E-state index in [1.54, 1.807) is 19.5 Å². The van der Waals surface area contributed by atoms with Gasteiger partial charge in [0.15, 0.2) is 0 Å². The van der Waals surface area contributed by atoms with Crippen molar-refractivity contribution < 1.29 is 9.53 Å². The van der Waals surface area contributed by atoms with Gasteiger partial charge in [-0.15, -0.1) is 0 Å². The van der Waals surface area contributed by atoms with Gasteiger partial charge in [0.25, 0.3) is 5.91 Å². The summed E-state index contributed by atoms with van der Waals surface area (Å²) in [4.78, 5) is 25.1. The van der Waals surface area contributed by atoms with Crippen molar-refractivity contribution in [2.24, 2.45) is 0 Å². The van der Waals surface area contributed by atoms with Crippen LogP contribution in [0, 0.1) is 6.92 Å². The second kappa shape index (κ2) is 6.64. The number of benzene rings is 1. The highest BCUT2D eigenvalue weighted by atomic mass is 16.5. The molecular weight excluding hydrogens is 292 g/mol. The number of hydrogen-bond acceptors (Lipinski definition) is 5. The van der Waals surface area contributed by atoms with Crippen molar-refractivity contribution in [3.8, 4) is 5.75 Å². The molecule has 3 rings (SSSR count). The maximum Gasteiger partial charge on any atom is 0.254 e. The van der Waals surface area contributed by atoms with Crippen LogP contribution < -0.4 is 9.64 Å². The van der Waals surface area contributed by atoms with Crippen LogP contribution in [0.25, 0.3) is 0 Å². The van der Waals surface area contributed by atoms with Crippen LogP contribution in [0.3, 0.4) is 0 Å². The Kier molecular flexibility index (Phi) is 4.41. The van der Waals surface area contributed by atoms with Crippen molar-refractivity contribution in [1.82, 2.24) is 14.9 Å². The zero-order valence-corrected chi connectivity index (χ0v) is 13.4. The van der Waals surface area contributed by atoms with Crippen LogP contribution in [0.5, 0.6) is 5.75 Å². The average Bonchev–Trinajstić information content (AvgIpc) is 2.61. The molecule has 23 heavy (non-hydrogen) atoms. The fraction of sp³-hybridized carbons (Fsp3) is 0.353. The van der Waals surface area contributed by atoms with Gasteiger partial charge in [-0.1, -0.05) is 6.07 Å². The number of amides is 1. The first-order valence-electron chi connectivity index (χ1n) is 7.64. The van der Waals surface area contributed by atoms with Gasteiger partial charge in [0.05, 0.1) is 7.11 Å². The molecule has 6 heteroatoms. The summed E-state index contributed by atoms with van der Waals surface area (Å²) in [5.41, 5.74) is 1.61. The van der Waals surface area contributed by atoms with Gasteiger partial charge in [-0.25, -0.2) is 9.97 Å². The van der Waals surface area contributed by atoms with Crippen LogP contribution in [-0.2, 0) is 0 Å². The summed E-state index contributed by atoms with van der Waals surface area (Å²) in [6.45, 7) is 4.85. The first-order valence-corrected chi connectivity index (χ1v) is 7.64. The molecule has 1 fully saturated rings. The first-order chi connectivity index (χ1) is 11.2.